The Morgan fingerprint density at radius 1 is 0.857 bits per heavy atom. The van der Waals surface area contributed by atoms with E-state index in [2.05, 4.69) is 5.32 Å². The first-order valence-corrected chi connectivity index (χ1v) is 13.6. The summed E-state index contributed by atoms with van der Waals surface area (Å²) >= 11 is 0. The van der Waals surface area contributed by atoms with Gasteiger partial charge >= 0.3 is 0 Å². The number of amides is 1. The highest BCUT2D eigenvalue weighted by atomic mass is 32.2. The molecule has 0 heterocycles. The van der Waals surface area contributed by atoms with Gasteiger partial charge in [-0.05, 0) is 53.9 Å². The van der Waals surface area contributed by atoms with Crippen LogP contribution < -0.4 is 15.2 Å². The molecule has 0 aromatic heterocycles. The predicted octanol–water partition coefficient (Wildman–Crippen LogP) is 1.89. The Morgan fingerprint density at radius 2 is 1.46 bits per heavy atom. The number of primary sulfonamides is 1. The summed E-state index contributed by atoms with van der Waals surface area (Å²) in [6, 6.07) is 21.1. The number of carbonyl (C=O) groups is 1. The molecular weight excluding hydrogens is 490 g/mol. The maximum absolute atomic E-state index is 13.3. The third-order valence-corrected chi connectivity index (χ3v) is 8.04. The highest BCUT2D eigenvalue weighted by Crippen LogP contribution is 2.20. The van der Waals surface area contributed by atoms with Crippen molar-refractivity contribution in [1.82, 2.24) is 9.62 Å². The molecule has 0 aliphatic rings. The number of nitrogens with one attached hydrogen (secondary N) is 1. The normalized spacial score (nSPS) is 11.9. The molecule has 0 radical (unpaired) electrons. The molecule has 0 unspecified atom stereocenters. The van der Waals surface area contributed by atoms with E-state index in [0.29, 0.717) is 17.7 Å². The van der Waals surface area contributed by atoms with Gasteiger partial charge in [0.2, 0.25) is 26.0 Å². The van der Waals surface area contributed by atoms with Gasteiger partial charge < -0.3 is 10.1 Å². The summed E-state index contributed by atoms with van der Waals surface area (Å²) in [6.07, 6.45) is 0.429. The number of ether oxygens (including phenoxy) is 1. The average molecular weight is 518 g/mol. The number of hydrogen-bond donors (Lipinski definition) is 2. The molecule has 3 N–H and O–H groups in total. The Labute approximate surface area is 205 Å². The van der Waals surface area contributed by atoms with Crippen molar-refractivity contribution in [1.29, 1.82) is 0 Å². The molecule has 1 amide bonds. The van der Waals surface area contributed by atoms with Crippen LogP contribution in [0.2, 0.25) is 0 Å². The summed E-state index contributed by atoms with van der Waals surface area (Å²) in [7, 11) is -6.28. The number of benzene rings is 3. The van der Waals surface area contributed by atoms with Gasteiger partial charge in [-0.1, -0.05) is 42.5 Å². The number of sulfonamides is 2. The van der Waals surface area contributed by atoms with Crippen LogP contribution in [0.5, 0.6) is 5.75 Å². The first-order chi connectivity index (χ1) is 16.6. The fraction of sp³-hybridized carbons (Fsp3) is 0.208. The highest BCUT2D eigenvalue weighted by Gasteiger charge is 2.26. The Hall–Kier alpha value is -3.25. The number of rotatable bonds is 11. The van der Waals surface area contributed by atoms with Crippen molar-refractivity contribution in [3.05, 3.63) is 90.0 Å². The molecule has 9 nitrogen and oxygen atoms in total. The van der Waals surface area contributed by atoms with E-state index in [0.717, 1.165) is 9.87 Å². The number of carbonyl (C=O) groups excluding carboxylic acids is 1. The van der Waals surface area contributed by atoms with E-state index >= 15 is 0 Å². The third kappa shape index (κ3) is 7.36. The van der Waals surface area contributed by atoms with Gasteiger partial charge in [0.25, 0.3) is 0 Å². The SMILES string of the molecule is COc1ccc(S(=O)(=O)N(CCc2ccccc2)CC(=O)NCc2ccc(S(N)(=O)=O)cc2)cc1. The summed E-state index contributed by atoms with van der Waals surface area (Å²) in [6.45, 7) is -0.176. The van der Waals surface area contributed by atoms with Crippen LogP contribution in [0.25, 0.3) is 0 Å². The minimum Gasteiger partial charge on any atom is -0.497 e. The Kier molecular flexibility index (Phi) is 8.62. The lowest BCUT2D eigenvalue weighted by atomic mass is 10.1. The van der Waals surface area contributed by atoms with Crippen LogP contribution in [0.1, 0.15) is 11.1 Å². The largest absolute Gasteiger partial charge is 0.497 e. The molecule has 0 saturated heterocycles. The van der Waals surface area contributed by atoms with Crippen LogP contribution in [0.3, 0.4) is 0 Å². The Morgan fingerprint density at radius 3 is 2.03 bits per heavy atom. The molecule has 0 saturated carbocycles. The van der Waals surface area contributed by atoms with E-state index in [1.165, 1.54) is 43.5 Å². The van der Waals surface area contributed by atoms with Crippen molar-refractivity contribution in [3.63, 3.8) is 0 Å². The van der Waals surface area contributed by atoms with E-state index in [9.17, 15) is 21.6 Å². The second-order valence-corrected chi connectivity index (χ2v) is 11.2. The Bertz CT molecular complexity index is 1340. The molecule has 0 aliphatic carbocycles. The first-order valence-electron chi connectivity index (χ1n) is 10.7. The summed E-state index contributed by atoms with van der Waals surface area (Å²) in [5.74, 6) is 0.0247. The van der Waals surface area contributed by atoms with Gasteiger partial charge in [0.15, 0.2) is 0 Å². The molecule has 35 heavy (non-hydrogen) atoms. The standard InChI is InChI=1S/C24H27N3O6S2/c1-33-21-9-13-23(14-10-21)35(31,32)27(16-15-19-5-3-2-4-6-19)18-24(28)26-17-20-7-11-22(12-8-20)34(25,29)30/h2-14H,15-18H2,1H3,(H,26,28)(H2,25,29,30). The van der Waals surface area contributed by atoms with Gasteiger partial charge in [-0.25, -0.2) is 22.0 Å². The van der Waals surface area contributed by atoms with Crippen LogP contribution in [0, 0.1) is 0 Å². The molecule has 3 aromatic carbocycles. The number of hydrogen-bond acceptors (Lipinski definition) is 6. The maximum Gasteiger partial charge on any atom is 0.243 e. The molecule has 11 heteroatoms. The Balaban J connectivity index is 1.73. The second kappa shape index (κ2) is 11.5. The van der Waals surface area contributed by atoms with Gasteiger partial charge in [-0.2, -0.15) is 4.31 Å². The van der Waals surface area contributed by atoms with Crippen molar-refractivity contribution in [2.75, 3.05) is 20.2 Å². The summed E-state index contributed by atoms with van der Waals surface area (Å²) < 4.78 is 55.7. The van der Waals surface area contributed by atoms with E-state index in [1.807, 2.05) is 30.3 Å². The van der Waals surface area contributed by atoms with E-state index in [-0.39, 0.29) is 29.4 Å². The van der Waals surface area contributed by atoms with Crippen LogP contribution in [0.4, 0.5) is 0 Å². The van der Waals surface area contributed by atoms with Crippen molar-refractivity contribution >= 4 is 26.0 Å². The van der Waals surface area contributed by atoms with Crippen LogP contribution in [0.15, 0.2) is 88.7 Å². The summed E-state index contributed by atoms with van der Waals surface area (Å²) in [4.78, 5) is 12.7. The van der Waals surface area contributed by atoms with Crippen molar-refractivity contribution in [3.8, 4) is 5.75 Å². The molecule has 186 valence electrons. The van der Waals surface area contributed by atoms with Crippen LogP contribution in [-0.2, 0) is 37.8 Å². The van der Waals surface area contributed by atoms with Crippen LogP contribution in [-0.4, -0.2) is 47.2 Å². The molecule has 0 bridgehead atoms. The van der Waals surface area contributed by atoms with Gasteiger partial charge in [0.05, 0.1) is 23.4 Å². The van der Waals surface area contributed by atoms with Crippen molar-refractivity contribution in [2.45, 2.75) is 22.8 Å². The monoisotopic (exact) mass is 517 g/mol. The number of methoxy groups -OCH3 is 1. The molecule has 0 aliphatic heterocycles. The van der Waals surface area contributed by atoms with Gasteiger partial charge in [0, 0.05) is 13.1 Å². The third-order valence-electron chi connectivity index (χ3n) is 5.25. The van der Waals surface area contributed by atoms with E-state index in [4.69, 9.17) is 9.88 Å². The summed E-state index contributed by atoms with van der Waals surface area (Å²) in [5.41, 5.74) is 1.58. The lowest BCUT2D eigenvalue weighted by Crippen LogP contribution is -2.41. The molecule has 0 fully saturated rings. The number of nitrogens with zero attached hydrogens (tertiary/aromatic N) is 1. The summed E-state index contributed by atoms with van der Waals surface area (Å²) in [5, 5.41) is 7.77. The molecule has 0 spiro atoms. The highest BCUT2D eigenvalue weighted by molar-refractivity contribution is 7.89. The van der Waals surface area contributed by atoms with Crippen molar-refractivity contribution in [2.24, 2.45) is 5.14 Å². The average Bonchev–Trinajstić information content (AvgIpc) is 2.85. The molecular formula is C24H27N3O6S2. The zero-order valence-corrected chi connectivity index (χ0v) is 20.8. The topological polar surface area (TPSA) is 136 Å². The minimum atomic E-state index is -3.96. The fourth-order valence-electron chi connectivity index (χ4n) is 3.29. The first kappa shape index (κ1) is 26.4. The number of nitrogens with two attached hydrogens (primary N) is 1. The van der Waals surface area contributed by atoms with Crippen LogP contribution >= 0.6 is 0 Å². The maximum atomic E-state index is 13.3. The fourth-order valence-corrected chi connectivity index (χ4v) is 5.21. The molecule has 0 atom stereocenters. The van der Waals surface area contributed by atoms with Crippen molar-refractivity contribution < 1.29 is 26.4 Å². The zero-order valence-electron chi connectivity index (χ0n) is 19.1. The lowest BCUT2D eigenvalue weighted by Gasteiger charge is -2.22. The quantitative estimate of drug-likeness (QED) is 0.399. The van der Waals surface area contributed by atoms with E-state index in [1.54, 1.807) is 12.1 Å². The van der Waals surface area contributed by atoms with Gasteiger partial charge in [-0.3, -0.25) is 4.79 Å². The van der Waals surface area contributed by atoms with E-state index < -0.39 is 26.0 Å². The smallest absolute Gasteiger partial charge is 0.243 e. The predicted molar refractivity (Wildman–Crippen MR) is 132 cm³/mol. The second-order valence-electron chi connectivity index (χ2n) is 7.72. The zero-order chi connectivity index (χ0) is 25.5. The minimum absolute atomic E-state index is 0.0368. The lowest BCUT2D eigenvalue weighted by molar-refractivity contribution is -0.121. The molecule has 3 aromatic rings. The van der Waals surface area contributed by atoms with Gasteiger partial charge in [0.1, 0.15) is 5.75 Å². The molecule has 3 rings (SSSR count). The van der Waals surface area contributed by atoms with Gasteiger partial charge in [-0.15, -0.1) is 0 Å².